The number of H-pyrrole nitrogens is 1. The SMILES string of the molecule is Cc1cc(C(=O)O[C@@H](C)C(=O)c2c(C)[nH]c3ccccc23)c(C)o1. The van der Waals surface area contributed by atoms with E-state index in [1.165, 1.54) is 0 Å². The third-order valence-corrected chi connectivity index (χ3v) is 4.05. The topological polar surface area (TPSA) is 72.3 Å². The van der Waals surface area contributed by atoms with Gasteiger partial charge in [-0.05, 0) is 39.8 Å². The number of hydrogen-bond acceptors (Lipinski definition) is 4. The fourth-order valence-corrected chi connectivity index (χ4v) is 2.91. The Morgan fingerprint density at radius 3 is 2.54 bits per heavy atom. The largest absolute Gasteiger partial charge is 0.466 e. The van der Waals surface area contributed by atoms with Crippen LogP contribution in [0.4, 0.5) is 0 Å². The second kappa shape index (κ2) is 6.00. The Balaban J connectivity index is 1.85. The highest BCUT2D eigenvalue weighted by atomic mass is 16.5. The van der Waals surface area contributed by atoms with Crippen molar-refractivity contribution in [2.75, 3.05) is 0 Å². The zero-order valence-corrected chi connectivity index (χ0v) is 14.1. The number of benzene rings is 1. The van der Waals surface area contributed by atoms with Crippen molar-refractivity contribution >= 4 is 22.7 Å². The van der Waals surface area contributed by atoms with Gasteiger partial charge in [0.15, 0.2) is 6.10 Å². The highest BCUT2D eigenvalue weighted by Gasteiger charge is 2.26. The number of carbonyl (C=O) groups excluding carboxylic acids is 2. The molecular weight excluding hydrogens is 306 g/mol. The second-order valence-electron chi connectivity index (χ2n) is 5.91. The zero-order valence-electron chi connectivity index (χ0n) is 14.1. The minimum atomic E-state index is -0.884. The average molecular weight is 325 g/mol. The van der Waals surface area contributed by atoms with Crippen molar-refractivity contribution in [2.45, 2.75) is 33.8 Å². The molecule has 0 saturated heterocycles. The number of rotatable bonds is 4. The third-order valence-electron chi connectivity index (χ3n) is 4.05. The van der Waals surface area contributed by atoms with E-state index in [2.05, 4.69) is 4.98 Å². The molecule has 0 fully saturated rings. The molecule has 0 aliphatic carbocycles. The molecule has 3 aromatic rings. The van der Waals surface area contributed by atoms with E-state index in [4.69, 9.17) is 9.15 Å². The maximum absolute atomic E-state index is 12.8. The zero-order chi connectivity index (χ0) is 17.4. The summed E-state index contributed by atoms with van der Waals surface area (Å²) in [4.78, 5) is 28.2. The van der Waals surface area contributed by atoms with Crippen molar-refractivity contribution in [1.82, 2.24) is 4.98 Å². The fraction of sp³-hybridized carbons (Fsp3) is 0.263. The molecular formula is C19H19NO4. The highest BCUT2D eigenvalue weighted by Crippen LogP contribution is 2.24. The summed E-state index contributed by atoms with van der Waals surface area (Å²) in [5, 5.41) is 0.832. The number of hydrogen-bond donors (Lipinski definition) is 1. The predicted molar refractivity (Wildman–Crippen MR) is 90.4 cm³/mol. The summed E-state index contributed by atoms with van der Waals surface area (Å²) < 4.78 is 10.7. The van der Waals surface area contributed by atoms with Gasteiger partial charge < -0.3 is 14.1 Å². The molecule has 0 saturated carbocycles. The van der Waals surface area contributed by atoms with Crippen LogP contribution >= 0.6 is 0 Å². The molecule has 0 aliphatic rings. The Hall–Kier alpha value is -2.82. The number of Topliss-reactive ketones (excluding diaryl/α,β-unsaturated/α-hetero) is 1. The van der Waals surface area contributed by atoms with Crippen LogP contribution in [0.5, 0.6) is 0 Å². The summed E-state index contributed by atoms with van der Waals surface area (Å²) in [5.41, 5.74) is 2.56. The fourth-order valence-electron chi connectivity index (χ4n) is 2.91. The Bertz CT molecular complexity index is 932. The lowest BCUT2D eigenvalue weighted by Gasteiger charge is -2.12. The number of para-hydroxylation sites is 1. The summed E-state index contributed by atoms with van der Waals surface area (Å²) in [6.45, 7) is 6.88. The van der Waals surface area contributed by atoms with E-state index in [0.717, 1.165) is 16.6 Å². The Morgan fingerprint density at radius 2 is 1.88 bits per heavy atom. The first-order chi connectivity index (χ1) is 11.4. The lowest BCUT2D eigenvalue weighted by Crippen LogP contribution is -2.25. The van der Waals surface area contributed by atoms with Gasteiger partial charge in [-0.2, -0.15) is 0 Å². The number of aromatic nitrogens is 1. The summed E-state index contributed by atoms with van der Waals surface area (Å²) in [6, 6.07) is 9.18. The molecule has 2 heterocycles. The lowest BCUT2D eigenvalue weighted by atomic mass is 10.0. The van der Waals surface area contributed by atoms with Crippen LogP contribution in [0.15, 0.2) is 34.7 Å². The van der Waals surface area contributed by atoms with Crippen LogP contribution in [0.3, 0.4) is 0 Å². The normalized spacial score (nSPS) is 12.3. The van der Waals surface area contributed by atoms with Gasteiger partial charge in [0, 0.05) is 22.2 Å². The molecule has 3 rings (SSSR count). The molecule has 1 N–H and O–H groups in total. The predicted octanol–water partition coefficient (Wildman–Crippen LogP) is 4.11. The minimum absolute atomic E-state index is 0.226. The van der Waals surface area contributed by atoms with Gasteiger partial charge in [-0.1, -0.05) is 18.2 Å². The Kier molecular flexibility index (Phi) is 4.01. The van der Waals surface area contributed by atoms with Gasteiger partial charge in [-0.3, -0.25) is 4.79 Å². The molecule has 124 valence electrons. The molecule has 2 aromatic heterocycles. The summed E-state index contributed by atoms with van der Waals surface area (Å²) >= 11 is 0. The van der Waals surface area contributed by atoms with Crippen LogP contribution in [0.1, 0.15) is 44.9 Å². The number of carbonyl (C=O) groups is 2. The molecule has 1 aromatic carbocycles. The van der Waals surface area contributed by atoms with E-state index in [-0.39, 0.29) is 5.78 Å². The van der Waals surface area contributed by atoms with Gasteiger partial charge in [0.05, 0.1) is 0 Å². The summed E-state index contributed by atoms with van der Waals surface area (Å²) in [5.74, 6) is 0.338. The standard InChI is InChI=1S/C19H19NO4/c1-10-9-15(12(3)23-10)19(22)24-13(4)18(21)17-11(2)20-16-8-6-5-7-14(16)17/h5-9,13,20H,1-4H3/t13-/m0/s1. The van der Waals surface area contributed by atoms with Gasteiger partial charge in [0.25, 0.3) is 0 Å². The molecule has 0 unspecified atom stereocenters. The quantitative estimate of drug-likeness (QED) is 0.578. The van der Waals surface area contributed by atoms with Gasteiger partial charge in [-0.25, -0.2) is 4.79 Å². The maximum atomic E-state index is 12.8. The number of aromatic amines is 1. The summed E-state index contributed by atoms with van der Waals surface area (Å²) in [6.07, 6.45) is -0.884. The van der Waals surface area contributed by atoms with Crippen LogP contribution in [-0.4, -0.2) is 22.8 Å². The molecule has 0 spiro atoms. The Labute approximate surface area is 139 Å². The van der Waals surface area contributed by atoms with Crippen molar-refractivity contribution < 1.29 is 18.7 Å². The maximum Gasteiger partial charge on any atom is 0.342 e. The number of ether oxygens (including phenoxy) is 1. The minimum Gasteiger partial charge on any atom is -0.466 e. The second-order valence-corrected chi connectivity index (χ2v) is 5.91. The molecule has 5 nitrogen and oxygen atoms in total. The van der Waals surface area contributed by atoms with Gasteiger partial charge in [0.1, 0.15) is 17.1 Å². The van der Waals surface area contributed by atoms with Crippen LogP contribution in [0, 0.1) is 20.8 Å². The first-order valence-corrected chi connectivity index (χ1v) is 7.78. The van der Waals surface area contributed by atoms with Gasteiger partial charge >= 0.3 is 5.97 Å². The summed E-state index contributed by atoms with van der Waals surface area (Å²) in [7, 11) is 0. The van der Waals surface area contributed by atoms with Crippen LogP contribution in [-0.2, 0) is 4.74 Å². The van der Waals surface area contributed by atoms with E-state index in [1.807, 2.05) is 31.2 Å². The first kappa shape index (κ1) is 16.1. The number of furan rings is 1. The number of nitrogens with one attached hydrogen (secondary N) is 1. The van der Waals surface area contributed by atoms with Crippen molar-refractivity contribution in [2.24, 2.45) is 0 Å². The average Bonchev–Trinajstić information content (AvgIpc) is 3.04. The molecule has 5 heteroatoms. The van der Waals surface area contributed by atoms with Crippen LogP contribution < -0.4 is 0 Å². The van der Waals surface area contributed by atoms with E-state index in [9.17, 15) is 9.59 Å². The van der Waals surface area contributed by atoms with Crippen molar-refractivity contribution in [3.8, 4) is 0 Å². The van der Waals surface area contributed by atoms with Crippen molar-refractivity contribution in [3.63, 3.8) is 0 Å². The van der Waals surface area contributed by atoms with Crippen molar-refractivity contribution in [3.05, 3.63) is 58.7 Å². The monoisotopic (exact) mass is 325 g/mol. The van der Waals surface area contributed by atoms with E-state index in [0.29, 0.717) is 22.6 Å². The van der Waals surface area contributed by atoms with Crippen LogP contribution in [0.2, 0.25) is 0 Å². The molecule has 0 amide bonds. The molecule has 0 aliphatic heterocycles. The molecule has 1 atom stereocenters. The molecule has 0 bridgehead atoms. The lowest BCUT2D eigenvalue weighted by molar-refractivity contribution is 0.0317. The van der Waals surface area contributed by atoms with E-state index >= 15 is 0 Å². The van der Waals surface area contributed by atoms with Crippen molar-refractivity contribution in [1.29, 1.82) is 0 Å². The number of aryl methyl sites for hydroxylation is 3. The third kappa shape index (κ3) is 2.73. The first-order valence-electron chi connectivity index (χ1n) is 7.78. The number of esters is 1. The Morgan fingerprint density at radius 1 is 1.17 bits per heavy atom. The number of fused-ring (bicyclic) bond motifs is 1. The number of ketones is 1. The highest BCUT2D eigenvalue weighted by molar-refractivity contribution is 6.11. The molecule has 24 heavy (non-hydrogen) atoms. The van der Waals surface area contributed by atoms with Gasteiger partial charge in [0.2, 0.25) is 5.78 Å². The van der Waals surface area contributed by atoms with Gasteiger partial charge in [-0.15, -0.1) is 0 Å². The molecule has 0 radical (unpaired) electrons. The van der Waals surface area contributed by atoms with E-state index in [1.54, 1.807) is 26.8 Å². The smallest absolute Gasteiger partial charge is 0.342 e. The van der Waals surface area contributed by atoms with Crippen LogP contribution in [0.25, 0.3) is 10.9 Å². The van der Waals surface area contributed by atoms with E-state index < -0.39 is 12.1 Å².